The number of carbonyl (C=O) groups excluding carboxylic acids is 1. The van der Waals surface area contributed by atoms with Crippen molar-refractivity contribution in [2.24, 2.45) is 5.92 Å². The van der Waals surface area contributed by atoms with Crippen molar-refractivity contribution >= 4 is 5.91 Å². The molecule has 0 aliphatic heterocycles. The molecule has 1 aliphatic carbocycles. The van der Waals surface area contributed by atoms with Crippen LogP contribution in [-0.4, -0.2) is 16.9 Å². The van der Waals surface area contributed by atoms with Crippen LogP contribution in [0.25, 0.3) is 11.3 Å². The fourth-order valence-electron chi connectivity index (χ4n) is 3.33. The molecule has 0 saturated heterocycles. The van der Waals surface area contributed by atoms with Crippen molar-refractivity contribution in [1.82, 2.24) is 10.3 Å². The molecule has 1 aliphatic rings. The summed E-state index contributed by atoms with van der Waals surface area (Å²) >= 11 is 0. The summed E-state index contributed by atoms with van der Waals surface area (Å²) in [4.78, 5) is 27.6. The highest BCUT2D eigenvalue weighted by Gasteiger charge is 2.24. The highest BCUT2D eigenvalue weighted by atomic mass is 16.2. The maximum atomic E-state index is 12.4. The van der Waals surface area contributed by atoms with E-state index in [1.54, 1.807) is 12.1 Å². The Labute approximate surface area is 142 Å². The van der Waals surface area contributed by atoms with Crippen LogP contribution in [0.5, 0.6) is 0 Å². The Balaban J connectivity index is 1.78. The van der Waals surface area contributed by atoms with Crippen LogP contribution < -0.4 is 10.9 Å². The number of rotatable bonds is 3. The molecule has 1 aromatic carbocycles. The van der Waals surface area contributed by atoms with Gasteiger partial charge in [-0.25, -0.2) is 0 Å². The van der Waals surface area contributed by atoms with E-state index >= 15 is 0 Å². The summed E-state index contributed by atoms with van der Waals surface area (Å²) < 4.78 is 0. The summed E-state index contributed by atoms with van der Waals surface area (Å²) in [6.07, 6.45) is 4.48. The van der Waals surface area contributed by atoms with Crippen LogP contribution >= 0.6 is 0 Å². The zero-order valence-corrected chi connectivity index (χ0v) is 14.3. The van der Waals surface area contributed by atoms with Crippen LogP contribution in [0, 0.1) is 12.8 Å². The van der Waals surface area contributed by atoms with Gasteiger partial charge in [0.25, 0.3) is 11.5 Å². The second-order valence-electron chi connectivity index (χ2n) is 6.82. The molecule has 0 bridgehead atoms. The molecular formula is C20H24N2O2. The van der Waals surface area contributed by atoms with Gasteiger partial charge in [-0.05, 0) is 43.4 Å². The fraction of sp³-hybridized carbons (Fsp3) is 0.400. The van der Waals surface area contributed by atoms with Crippen molar-refractivity contribution in [1.29, 1.82) is 0 Å². The molecule has 1 fully saturated rings. The average molecular weight is 324 g/mol. The number of carbonyl (C=O) groups is 1. The van der Waals surface area contributed by atoms with Gasteiger partial charge in [-0.1, -0.05) is 49.6 Å². The molecule has 0 spiro atoms. The molecule has 1 amide bonds. The third-order valence-corrected chi connectivity index (χ3v) is 4.94. The normalized spacial score (nSPS) is 20.6. The van der Waals surface area contributed by atoms with Crippen LogP contribution in [0.1, 0.15) is 48.5 Å². The van der Waals surface area contributed by atoms with E-state index in [0.29, 0.717) is 5.92 Å². The lowest BCUT2D eigenvalue weighted by Crippen LogP contribution is -2.42. The van der Waals surface area contributed by atoms with Crippen LogP contribution in [0.4, 0.5) is 0 Å². The van der Waals surface area contributed by atoms with Gasteiger partial charge in [0.05, 0.1) is 0 Å². The number of aryl methyl sites for hydroxylation is 1. The summed E-state index contributed by atoms with van der Waals surface area (Å²) in [6.45, 7) is 4.18. The first-order valence-corrected chi connectivity index (χ1v) is 8.66. The third-order valence-electron chi connectivity index (χ3n) is 4.94. The van der Waals surface area contributed by atoms with Crippen molar-refractivity contribution in [3.63, 3.8) is 0 Å². The van der Waals surface area contributed by atoms with Crippen LogP contribution in [0.2, 0.25) is 0 Å². The van der Waals surface area contributed by atoms with Gasteiger partial charge >= 0.3 is 0 Å². The summed E-state index contributed by atoms with van der Waals surface area (Å²) in [6, 6.07) is 11.5. The number of benzene rings is 1. The fourth-order valence-corrected chi connectivity index (χ4v) is 3.33. The Morgan fingerprint density at radius 1 is 1.08 bits per heavy atom. The van der Waals surface area contributed by atoms with E-state index in [9.17, 15) is 9.59 Å². The average Bonchev–Trinajstić information content (AvgIpc) is 2.57. The monoisotopic (exact) mass is 324 g/mol. The quantitative estimate of drug-likeness (QED) is 0.905. The lowest BCUT2D eigenvalue weighted by atomic mass is 9.86. The zero-order valence-electron chi connectivity index (χ0n) is 14.3. The van der Waals surface area contributed by atoms with E-state index < -0.39 is 0 Å². The zero-order chi connectivity index (χ0) is 17.1. The summed E-state index contributed by atoms with van der Waals surface area (Å²) in [5.74, 6) is 0.194. The van der Waals surface area contributed by atoms with Crippen molar-refractivity contribution in [2.45, 2.75) is 45.6 Å². The van der Waals surface area contributed by atoms with E-state index in [1.807, 2.05) is 31.2 Å². The molecule has 0 radical (unpaired) electrons. The molecule has 4 heteroatoms. The maximum Gasteiger partial charge on any atom is 0.261 e. The largest absolute Gasteiger partial charge is 0.349 e. The van der Waals surface area contributed by atoms with Crippen molar-refractivity contribution in [2.75, 3.05) is 0 Å². The van der Waals surface area contributed by atoms with Gasteiger partial charge in [-0.3, -0.25) is 9.59 Å². The van der Waals surface area contributed by atoms with Gasteiger partial charge in [0.2, 0.25) is 0 Å². The number of aromatic nitrogens is 1. The molecule has 1 heterocycles. The van der Waals surface area contributed by atoms with Crippen molar-refractivity contribution < 1.29 is 4.79 Å². The van der Waals surface area contributed by atoms with Crippen LogP contribution in [-0.2, 0) is 0 Å². The lowest BCUT2D eigenvalue weighted by molar-refractivity contribution is 0.0909. The molecule has 2 aromatic rings. The minimum atomic E-state index is -0.339. The molecule has 1 aromatic heterocycles. The molecule has 2 N–H and O–H groups in total. The first-order valence-electron chi connectivity index (χ1n) is 8.66. The van der Waals surface area contributed by atoms with E-state index in [4.69, 9.17) is 0 Å². The number of hydrogen-bond acceptors (Lipinski definition) is 2. The highest BCUT2D eigenvalue weighted by Crippen LogP contribution is 2.24. The summed E-state index contributed by atoms with van der Waals surface area (Å²) in [7, 11) is 0. The smallest absolute Gasteiger partial charge is 0.261 e. The minimum Gasteiger partial charge on any atom is -0.349 e. The molecule has 126 valence electrons. The van der Waals surface area contributed by atoms with Gasteiger partial charge in [0.15, 0.2) is 0 Å². The standard InChI is InChI=1S/C20H24N2O2/c1-13-7-9-15(10-8-13)18-12-11-16(20(24)22-18)19(23)21-17-6-4-3-5-14(17)2/h7-12,14,17H,3-6H2,1-2H3,(H,21,23)(H,22,24). The molecule has 2 unspecified atom stereocenters. The van der Waals surface area contributed by atoms with Gasteiger partial charge in [-0.2, -0.15) is 0 Å². The number of hydrogen-bond donors (Lipinski definition) is 2. The first kappa shape index (κ1) is 16.5. The van der Waals surface area contributed by atoms with Gasteiger partial charge in [0.1, 0.15) is 5.56 Å². The topological polar surface area (TPSA) is 62.0 Å². The van der Waals surface area contributed by atoms with E-state index in [2.05, 4.69) is 17.2 Å². The molecule has 2 atom stereocenters. The van der Waals surface area contributed by atoms with Gasteiger partial charge < -0.3 is 10.3 Å². The maximum absolute atomic E-state index is 12.4. The van der Waals surface area contributed by atoms with E-state index in [1.165, 1.54) is 12.0 Å². The Bertz CT molecular complexity index is 777. The van der Waals surface area contributed by atoms with Crippen molar-refractivity contribution in [3.05, 3.63) is 57.9 Å². The third kappa shape index (κ3) is 3.58. The van der Waals surface area contributed by atoms with E-state index in [-0.39, 0.29) is 23.1 Å². The first-order chi connectivity index (χ1) is 11.5. The molecule has 3 rings (SSSR count). The minimum absolute atomic E-state index is 0.169. The molecular weight excluding hydrogens is 300 g/mol. The SMILES string of the molecule is Cc1ccc(-c2ccc(C(=O)NC3CCCCC3C)c(=O)[nH]2)cc1. The lowest BCUT2D eigenvalue weighted by Gasteiger charge is -2.29. The Morgan fingerprint density at radius 3 is 2.46 bits per heavy atom. The van der Waals surface area contributed by atoms with Crippen LogP contribution in [0.15, 0.2) is 41.2 Å². The summed E-state index contributed by atoms with van der Waals surface area (Å²) in [5, 5.41) is 3.03. The second-order valence-corrected chi connectivity index (χ2v) is 6.82. The predicted molar refractivity (Wildman–Crippen MR) is 96.1 cm³/mol. The molecule has 24 heavy (non-hydrogen) atoms. The predicted octanol–water partition coefficient (Wildman–Crippen LogP) is 3.66. The molecule has 4 nitrogen and oxygen atoms in total. The highest BCUT2D eigenvalue weighted by molar-refractivity contribution is 5.94. The number of nitrogens with one attached hydrogen (secondary N) is 2. The number of aromatic amines is 1. The van der Waals surface area contributed by atoms with E-state index in [0.717, 1.165) is 30.5 Å². The number of pyridine rings is 1. The Hall–Kier alpha value is -2.36. The van der Waals surface area contributed by atoms with Crippen LogP contribution in [0.3, 0.4) is 0 Å². The Morgan fingerprint density at radius 2 is 1.79 bits per heavy atom. The van der Waals surface area contributed by atoms with Gasteiger partial charge in [0, 0.05) is 11.7 Å². The van der Waals surface area contributed by atoms with Crippen molar-refractivity contribution in [3.8, 4) is 11.3 Å². The number of amides is 1. The molecule has 1 saturated carbocycles. The Kier molecular flexibility index (Phi) is 4.84. The van der Waals surface area contributed by atoms with Gasteiger partial charge in [-0.15, -0.1) is 0 Å². The second kappa shape index (κ2) is 7.04. The number of H-pyrrole nitrogens is 1. The summed E-state index contributed by atoms with van der Waals surface area (Å²) in [5.41, 5.74) is 2.67.